The number of rotatable bonds is 2. The highest BCUT2D eigenvalue weighted by atomic mass is 35.5. The monoisotopic (exact) mass is 292 g/mol. The van der Waals surface area contributed by atoms with Crippen LogP contribution in [0.4, 0.5) is 0 Å². The van der Waals surface area contributed by atoms with E-state index in [1.54, 1.807) is 29.0 Å². The van der Waals surface area contributed by atoms with Gasteiger partial charge in [-0.1, -0.05) is 25.4 Å². The van der Waals surface area contributed by atoms with Gasteiger partial charge in [0.2, 0.25) is 0 Å². The maximum Gasteiger partial charge on any atom is 0.255 e. The van der Waals surface area contributed by atoms with E-state index in [4.69, 9.17) is 17.3 Å². The molecule has 106 valence electrons. The topological polar surface area (TPSA) is 72.4 Å². The number of aromatic nitrogens is 2. The zero-order chi connectivity index (χ0) is 14.5. The van der Waals surface area contributed by atoms with Crippen molar-refractivity contribution in [3.05, 3.63) is 35.1 Å². The second-order valence-corrected chi connectivity index (χ2v) is 6.30. The van der Waals surface area contributed by atoms with E-state index < -0.39 is 0 Å². The minimum atomic E-state index is -0.155. The molecule has 0 bridgehead atoms. The van der Waals surface area contributed by atoms with E-state index in [9.17, 15) is 4.79 Å². The average Bonchev–Trinajstić information content (AvgIpc) is 2.83. The van der Waals surface area contributed by atoms with Crippen LogP contribution in [0.15, 0.2) is 24.5 Å². The molecule has 0 spiro atoms. The van der Waals surface area contributed by atoms with Gasteiger partial charge in [0.05, 0.1) is 22.3 Å². The Morgan fingerprint density at radius 2 is 2.35 bits per heavy atom. The largest absolute Gasteiger partial charge is 0.349 e. The van der Waals surface area contributed by atoms with Crippen LogP contribution in [0.5, 0.6) is 0 Å². The lowest BCUT2D eigenvalue weighted by Gasteiger charge is -2.50. The van der Waals surface area contributed by atoms with Crippen molar-refractivity contribution in [3.63, 3.8) is 0 Å². The third kappa shape index (κ3) is 1.89. The molecule has 1 saturated carbocycles. The molecule has 6 heteroatoms. The Morgan fingerprint density at radius 3 is 3.00 bits per heavy atom. The molecule has 2 heterocycles. The molecule has 3 N–H and O–H groups in total. The second-order valence-electron chi connectivity index (χ2n) is 5.90. The lowest BCUT2D eigenvalue weighted by Crippen LogP contribution is -2.64. The van der Waals surface area contributed by atoms with Gasteiger partial charge >= 0.3 is 0 Å². The van der Waals surface area contributed by atoms with Gasteiger partial charge in [0, 0.05) is 23.7 Å². The van der Waals surface area contributed by atoms with Crippen LogP contribution in [0.25, 0.3) is 5.52 Å². The van der Waals surface area contributed by atoms with Crippen LogP contribution < -0.4 is 11.1 Å². The molecule has 0 aliphatic heterocycles. The first-order valence-electron chi connectivity index (χ1n) is 6.59. The fourth-order valence-electron chi connectivity index (χ4n) is 2.61. The maximum atomic E-state index is 12.4. The predicted molar refractivity (Wildman–Crippen MR) is 77.8 cm³/mol. The van der Waals surface area contributed by atoms with E-state index in [1.165, 1.54) is 0 Å². The maximum absolute atomic E-state index is 12.4. The van der Waals surface area contributed by atoms with E-state index in [2.05, 4.69) is 24.3 Å². The Labute approximate surface area is 122 Å². The number of halogens is 1. The lowest BCUT2D eigenvalue weighted by atomic mass is 9.63. The summed E-state index contributed by atoms with van der Waals surface area (Å²) in [7, 11) is 0. The van der Waals surface area contributed by atoms with Crippen LogP contribution in [-0.4, -0.2) is 27.6 Å². The van der Waals surface area contributed by atoms with Gasteiger partial charge in [-0.3, -0.25) is 4.79 Å². The summed E-state index contributed by atoms with van der Waals surface area (Å²) in [6, 6.07) is 3.75. The third-order valence-corrected chi connectivity index (χ3v) is 4.69. The van der Waals surface area contributed by atoms with Crippen molar-refractivity contribution in [1.29, 1.82) is 0 Å². The number of nitrogens with one attached hydrogen (secondary N) is 1. The molecule has 3 rings (SSSR count). The summed E-state index contributed by atoms with van der Waals surface area (Å²) in [6.45, 7) is 4.13. The van der Waals surface area contributed by atoms with Crippen LogP contribution in [0.3, 0.4) is 0 Å². The zero-order valence-corrected chi connectivity index (χ0v) is 12.2. The van der Waals surface area contributed by atoms with Gasteiger partial charge in [-0.25, -0.2) is 4.52 Å². The number of nitrogens with zero attached hydrogens (tertiary/aromatic N) is 2. The normalized spacial score (nSPS) is 24.4. The summed E-state index contributed by atoms with van der Waals surface area (Å²) in [5.41, 5.74) is 7.01. The SMILES string of the molecule is CC1(C)C(N)CC1NC(=O)c1cnn2cccc(Cl)c12. The molecule has 2 unspecified atom stereocenters. The number of fused-ring (bicyclic) bond motifs is 1. The first-order valence-corrected chi connectivity index (χ1v) is 6.97. The fourth-order valence-corrected chi connectivity index (χ4v) is 2.87. The molecule has 1 aliphatic rings. The van der Waals surface area contributed by atoms with E-state index in [0.717, 1.165) is 6.42 Å². The van der Waals surface area contributed by atoms with Gasteiger partial charge in [-0.15, -0.1) is 0 Å². The summed E-state index contributed by atoms with van der Waals surface area (Å²) in [4.78, 5) is 12.4. The first kappa shape index (κ1) is 13.4. The van der Waals surface area contributed by atoms with E-state index in [-0.39, 0.29) is 23.4 Å². The Balaban J connectivity index is 1.87. The molecule has 1 aliphatic carbocycles. The van der Waals surface area contributed by atoms with Crippen LogP contribution in [0.2, 0.25) is 5.02 Å². The van der Waals surface area contributed by atoms with Gasteiger partial charge in [0.15, 0.2) is 0 Å². The number of hydrogen-bond donors (Lipinski definition) is 2. The minimum absolute atomic E-state index is 0.0809. The molecule has 2 aromatic rings. The van der Waals surface area contributed by atoms with Gasteiger partial charge in [-0.2, -0.15) is 5.10 Å². The van der Waals surface area contributed by atoms with Gasteiger partial charge in [-0.05, 0) is 18.6 Å². The van der Waals surface area contributed by atoms with Gasteiger partial charge in [0.25, 0.3) is 5.91 Å². The van der Waals surface area contributed by atoms with Crippen molar-refractivity contribution in [2.45, 2.75) is 32.4 Å². The number of amides is 1. The molecular weight excluding hydrogens is 276 g/mol. The van der Waals surface area contributed by atoms with E-state index in [0.29, 0.717) is 16.1 Å². The van der Waals surface area contributed by atoms with Crippen molar-refractivity contribution >= 4 is 23.0 Å². The van der Waals surface area contributed by atoms with Crippen LogP contribution in [-0.2, 0) is 0 Å². The van der Waals surface area contributed by atoms with Crippen LogP contribution in [0, 0.1) is 5.41 Å². The Bertz CT molecular complexity index is 679. The van der Waals surface area contributed by atoms with Crippen molar-refractivity contribution in [2.24, 2.45) is 11.1 Å². The molecule has 1 amide bonds. The average molecular weight is 293 g/mol. The minimum Gasteiger partial charge on any atom is -0.349 e. The summed E-state index contributed by atoms with van der Waals surface area (Å²) < 4.78 is 1.61. The van der Waals surface area contributed by atoms with Crippen molar-refractivity contribution in [2.75, 3.05) is 0 Å². The second kappa shape index (κ2) is 4.46. The van der Waals surface area contributed by atoms with Gasteiger partial charge < -0.3 is 11.1 Å². The molecule has 2 atom stereocenters. The molecule has 1 fully saturated rings. The molecule has 2 aromatic heterocycles. The Morgan fingerprint density at radius 1 is 1.60 bits per heavy atom. The van der Waals surface area contributed by atoms with Crippen molar-refractivity contribution in [3.8, 4) is 0 Å². The molecule has 0 aromatic carbocycles. The smallest absolute Gasteiger partial charge is 0.255 e. The Kier molecular flexibility index (Phi) is 2.99. The fraction of sp³-hybridized carbons (Fsp3) is 0.429. The first-order chi connectivity index (χ1) is 9.41. The molecule has 0 saturated heterocycles. The van der Waals surface area contributed by atoms with E-state index in [1.807, 2.05) is 0 Å². The quantitative estimate of drug-likeness (QED) is 0.887. The van der Waals surface area contributed by atoms with Crippen LogP contribution >= 0.6 is 11.6 Å². The highest BCUT2D eigenvalue weighted by Gasteiger charge is 2.46. The van der Waals surface area contributed by atoms with E-state index >= 15 is 0 Å². The highest BCUT2D eigenvalue weighted by molar-refractivity contribution is 6.34. The molecule has 0 radical (unpaired) electrons. The third-order valence-electron chi connectivity index (χ3n) is 4.38. The lowest BCUT2D eigenvalue weighted by molar-refractivity contribution is 0.0587. The Hall–Kier alpha value is -1.59. The molecule has 20 heavy (non-hydrogen) atoms. The standard InChI is InChI=1S/C14H17ClN4O/c1-14(2)10(16)6-11(14)18-13(20)8-7-17-19-5-3-4-9(15)12(8)19/h3-5,7,10-11H,6,16H2,1-2H3,(H,18,20). The number of carbonyl (C=O) groups excluding carboxylic acids is 1. The van der Waals surface area contributed by atoms with Crippen molar-refractivity contribution in [1.82, 2.24) is 14.9 Å². The summed E-state index contributed by atoms with van der Waals surface area (Å²) in [6.07, 6.45) is 4.11. The zero-order valence-electron chi connectivity index (χ0n) is 11.4. The van der Waals surface area contributed by atoms with Gasteiger partial charge in [0.1, 0.15) is 0 Å². The predicted octanol–water partition coefficient (Wildman–Crippen LogP) is 1.84. The molecular formula is C14H17ClN4O. The number of nitrogens with two attached hydrogens (primary N) is 1. The summed E-state index contributed by atoms with van der Waals surface area (Å²) in [5, 5.41) is 7.69. The number of hydrogen-bond acceptors (Lipinski definition) is 3. The summed E-state index contributed by atoms with van der Waals surface area (Å²) in [5.74, 6) is -0.155. The molecule has 5 nitrogen and oxygen atoms in total. The highest BCUT2D eigenvalue weighted by Crippen LogP contribution is 2.39. The van der Waals surface area contributed by atoms with Crippen LogP contribution in [0.1, 0.15) is 30.6 Å². The number of carbonyl (C=O) groups is 1. The summed E-state index contributed by atoms with van der Waals surface area (Å²) >= 11 is 6.15. The van der Waals surface area contributed by atoms with Crippen molar-refractivity contribution < 1.29 is 4.79 Å². The number of pyridine rings is 1.